The van der Waals surface area contributed by atoms with Crippen molar-refractivity contribution in [2.75, 3.05) is 22.1 Å². The molecular formula is C23H29N5O3. The van der Waals surface area contributed by atoms with Crippen LogP contribution in [0.4, 0.5) is 17.5 Å². The number of H-pyrrole nitrogens is 1. The SMILES string of the molecule is CC[C@@H]1CCCCN1c1nc2c(c(=O)[nH]1)[C@H](C(=O)Nc1ccc(C)cc1C)CC(=O)N2. The maximum atomic E-state index is 13.1. The van der Waals surface area contributed by atoms with Gasteiger partial charge in [0.05, 0.1) is 11.5 Å². The molecule has 1 saturated heterocycles. The van der Waals surface area contributed by atoms with Crippen molar-refractivity contribution in [1.29, 1.82) is 0 Å². The highest BCUT2D eigenvalue weighted by Crippen LogP contribution is 2.32. The third-order valence-electron chi connectivity index (χ3n) is 6.27. The fourth-order valence-corrected chi connectivity index (χ4v) is 4.60. The summed E-state index contributed by atoms with van der Waals surface area (Å²) in [4.78, 5) is 48.1. The second-order valence-corrected chi connectivity index (χ2v) is 8.52. The molecule has 3 N–H and O–H groups in total. The van der Waals surface area contributed by atoms with E-state index in [1.54, 1.807) is 0 Å². The highest BCUT2D eigenvalue weighted by atomic mass is 16.2. The van der Waals surface area contributed by atoms with E-state index < -0.39 is 5.92 Å². The van der Waals surface area contributed by atoms with Crippen LogP contribution >= 0.6 is 0 Å². The first-order valence-electron chi connectivity index (χ1n) is 11.0. The maximum Gasteiger partial charge on any atom is 0.258 e. The molecule has 0 spiro atoms. The predicted molar refractivity (Wildman–Crippen MR) is 121 cm³/mol. The van der Waals surface area contributed by atoms with Crippen molar-refractivity contribution in [3.8, 4) is 0 Å². The van der Waals surface area contributed by atoms with Crippen LogP contribution in [0.15, 0.2) is 23.0 Å². The number of carbonyl (C=O) groups is 2. The van der Waals surface area contributed by atoms with E-state index in [1.807, 2.05) is 32.0 Å². The number of rotatable bonds is 4. The molecule has 0 saturated carbocycles. The fraction of sp³-hybridized carbons (Fsp3) is 0.478. The molecular weight excluding hydrogens is 394 g/mol. The van der Waals surface area contributed by atoms with Crippen LogP contribution in [0.25, 0.3) is 0 Å². The van der Waals surface area contributed by atoms with Crippen molar-refractivity contribution in [2.24, 2.45) is 0 Å². The van der Waals surface area contributed by atoms with Gasteiger partial charge >= 0.3 is 0 Å². The van der Waals surface area contributed by atoms with Crippen LogP contribution in [0.1, 0.15) is 61.6 Å². The molecule has 164 valence electrons. The Morgan fingerprint density at radius 2 is 2.06 bits per heavy atom. The standard InChI is InChI=1S/C23H29N5O3/c1-4-15-7-5-6-10-28(15)23-26-20-19(22(31)27-23)16(12-18(29)25-20)21(30)24-17-9-8-13(2)11-14(17)3/h8-9,11,15-16H,4-7,10,12H2,1-3H3,(H,24,30)(H2,25,26,27,29,31)/t15-,16-/m1/s1. The number of hydrogen-bond donors (Lipinski definition) is 3. The summed E-state index contributed by atoms with van der Waals surface area (Å²) in [5, 5.41) is 5.58. The third-order valence-corrected chi connectivity index (χ3v) is 6.27. The monoisotopic (exact) mass is 423 g/mol. The zero-order valence-electron chi connectivity index (χ0n) is 18.2. The summed E-state index contributed by atoms with van der Waals surface area (Å²) in [5.74, 6) is -0.934. The number of aromatic amines is 1. The third kappa shape index (κ3) is 4.19. The Bertz CT molecular complexity index is 1080. The molecule has 2 atom stereocenters. The second kappa shape index (κ2) is 8.53. The Hall–Kier alpha value is -3.16. The topological polar surface area (TPSA) is 107 Å². The van der Waals surface area contributed by atoms with Crippen LogP contribution in [0, 0.1) is 13.8 Å². The van der Waals surface area contributed by atoms with E-state index in [0.717, 1.165) is 43.4 Å². The summed E-state index contributed by atoms with van der Waals surface area (Å²) in [6.45, 7) is 6.82. The summed E-state index contributed by atoms with van der Waals surface area (Å²) < 4.78 is 0. The average molecular weight is 424 g/mol. The quantitative estimate of drug-likeness (QED) is 0.700. The number of aryl methyl sites for hydroxylation is 2. The summed E-state index contributed by atoms with van der Waals surface area (Å²) in [6.07, 6.45) is 4.10. The van der Waals surface area contributed by atoms with Crippen molar-refractivity contribution in [3.05, 3.63) is 45.2 Å². The molecule has 2 aliphatic heterocycles. The molecule has 0 radical (unpaired) electrons. The Labute approximate surface area is 181 Å². The molecule has 3 heterocycles. The number of benzene rings is 1. The van der Waals surface area contributed by atoms with E-state index in [0.29, 0.717) is 17.7 Å². The lowest BCUT2D eigenvalue weighted by atomic mass is 9.92. The van der Waals surface area contributed by atoms with Crippen LogP contribution in [0.5, 0.6) is 0 Å². The normalized spacial score (nSPS) is 20.7. The van der Waals surface area contributed by atoms with Gasteiger partial charge in [0.15, 0.2) is 0 Å². The molecule has 1 aromatic heterocycles. The lowest BCUT2D eigenvalue weighted by molar-refractivity contribution is -0.123. The number of piperidine rings is 1. The molecule has 2 aliphatic rings. The summed E-state index contributed by atoms with van der Waals surface area (Å²) in [5.41, 5.74) is 2.53. The molecule has 0 aliphatic carbocycles. The van der Waals surface area contributed by atoms with Crippen LogP contribution in [-0.2, 0) is 9.59 Å². The van der Waals surface area contributed by atoms with Gasteiger partial charge in [0.25, 0.3) is 5.56 Å². The summed E-state index contributed by atoms with van der Waals surface area (Å²) in [7, 11) is 0. The van der Waals surface area contributed by atoms with Crippen molar-refractivity contribution in [3.63, 3.8) is 0 Å². The Kier molecular flexibility index (Phi) is 5.80. The van der Waals surface area contributed by atoms with Crippen molar-refractivity contribution >= 4 is 29.3 Å². The van der Waals surface area contributed by atoms with Gasteiger partial charge in [-0.25, -0.2) is 0 Å². The lowest BCUT2D eigenvalue weighted by Gasteiger charge is -2.36. The minimum atomic E-state index is -0.891. The van der Waals surface area contributed by atoms with E-state index in [4.69, 9.17) is 0 Å². The molecule has 0 unspecified atom stereocenters. The number of fused-ring (bicyclic) bond motifs is 1. The molecule has 8 nitrogen and oxygen atoms in total. The van der Waals surface area contributed by atoms with Crippen molar-refractivity contribution < 1.29 is 9.59 Å². The highest BCUT2D eigenvalue weighted by Gasteiger charge is 2.36. The van der Waals surface area contributed by atoms with Gasteiger partial charge in [-0.1, -0.05) is 24.6 Å². The molecule has 1 aromatic carbocycles. The Balaban J connectivity index is 1.66. The van der Waals surface area contributed by atoms with E-state index in [2.05, 4.69) is 32.4 Å². The molecule has 1 fully saturated rings. The van der Waals surface area contributed by atoms with E-state index in [1.165, 1.54) is 0 Å². The fourth-order valence-electron chi connectivity index (χ4n) is 4.60. The minimum absolute atomic E-state index is 0.0881. The van der Waals surface area contributed by atoms with Crippen molar-refractivity contribution in [1.82, 2.24) is 9.97 Å². The number of carbonyl (C=O) groups excluding carboxylic acids is 2. The zero-order chi connectivity index (χ0) is 22.1. The lowest BCUT2D eigenvalue weighted by Crippen LogP contribution is -2.43. The molecule has 2 aromatic rings. The number of hydrogen-bond acceptors (Lipinski definition) is 5. The van der Waals surface area contributed by atoms with Crippen molar-refractivity contribution in [2.45, 2.75) is 64.8 Å². The minimum Gasteiger partial charge on any atom is -0.339 e. The van der Waals surface area contributed by atoms with E-state index >= 15 is 0 Å². The van der Waals surface area contributed by atoms with Crippen LogP contribution in [0.2, 0.25) is 0 Å². The van der Waals surface area contributed by atoms with Gasteiger partial charge < -0.3 is 15.5 Å². The van der Waals surface area contributed by atoms with Gasteiger partial charge in [-0.3, -0.25) is 19.4 Å². The van der Waals surface area contributed by atoms with E-state index in [-0.39, 0.29) is 35.2 Å². The number of aromatic nitrogens is 2. The first-order valence-corrected chi connectivity index (χ1v) is 11.0. The summed E-state index contributed by atoms with van der Waals surface area (Å²) >= 11 is 0. The largest absolute Gasteiger partial charge is 0.339 e. The van der Waals surface area contributed by atoms with Gasteiger partial charge in [-0.15, -0.1) is 0 Å². The maximum absolute atomic E-state index is 13.1. The molecule has 31 heavy (non-hydrogen) atoms. The number of nitrogens with one attached hydrogen (secondary N) is 3. The van der Waals surface area contributed by atoms with Gasteiger partial charge in [0.2, 0.25) is 17.8 Å². The average Bonchev–Trinajstić information content (AvgIpc) is 2.74. The molecule has 8 heteroatoms. The second-order valence-electron chi connectivity index (χ2n) is 8.52. The number of amides is 2. The smallest absolute Gasteiger partial charge is 0.258 e. The van der Waals surface area contributed by atoms with Gasteiger partial charge in [0.1, 0.15) is 5.82 Å². The Morgan fingerprint density at radius 3 is 2.81 bits per heavy atom. The molecule has 2 amide bonds. The van der Waals surface area contributed by atoms with Gasteiger partial charge in [0, 0.05) is 24.7 Å². The summed E-state index contributed by atoms with van der Waals surface area (Å²) in [6, 6.07) is 6.02. The number of nitrogens with zero attached hydrogens (tertiary/aromatic N) is 2. The first-order chi connectivity index (χ1) is 14.9. The van der Waals surface area contributed by atoms with Crippen LogP contribution in [-0.4, -0.2) is 34.4 Å². The molecule has 4 rings (SSSR count). The highest BCUT2D eigenvalue weighted by molar-refractivity contribution is 6.04. The van der Waals surface area contributed by atoms with Gasteiger partial charge in [-0.2, -0.15) is 4.98 Å². The zero-order valence-corrected chi connectivity index (χ0v) is 18.2. The first kappa shape index (κ1) is 21.1. The predicted octanol–water partition coefficient (Wildman–Crippen LogP) is 3.22. The number of anilines is 3. The molecule has 0 bridgehead atoms. The Morgan fingerprint density at radius 1 is 1.26 bits per heavy atom. The van der Waals surface area contributed by atoms with E-state index in [9.17, 15) is 14.4 Å². The van der Waals surface area contributed by atoms with Crippen LogP contribution in [0.3, 0.4) is 0 Å². The van der Waals surface area contributed by atoms with Crippen LogP contribution < -0.4 is 21.1 Å². The van der Waals surface area contributed by atoms with Gasteiger partial charge in [-0.05, 0) is 51.2 Å².